The highest BCUT2D eigenvalue weighted by atomic mass is 16.6. The van der Waals surface area contributed by atoms with Crippen LogP contribution in [0.15, 0.2) is 73.5 Å². The topological polar surface area (TPSA) is 97.4 Å². The van der Waals surface area contributed by atoms with Gasteiger partial charge in [-0.15, -0.1) is 0 Å². The molecule has 0 aliphatic carbocycles. The Morgan fingerprint density at radius 2 is 1.42 bits per heavy atom. The van der Waals surface area contributed by atoms with Crippen LogP contribution in [0.2, 0.25) is 0 Å². The maximum absolute atomic E-state index is 12.3. The fourth-order valence-corrected chi connectivity index (χ4v) is 2.43. The second-order valence-electron chi connectivity index (χ2n) is 6.76. The van der Waals surface area contributed by atoms with Gasteiger partial charge in [-0.05, 0) is 61.9 Å². The number of carbonyl (C=O) groups is 3. The average Bonchev–Trinajstić information content (AvgIpc) is 2.81. The van der Waals surface area contributed by atoms with E-state index in [1.54, 1.807) is 55.5 Å². The predicted octanol–water partition coefficient (Wildman–Crippen LogP) is 4.25. The summed E-state index contributed by atoms with van der Waals surface area (Å²) in [6, 6.07) is 13.0. The number of hydrogen-bond donors (Lipinski definition) is 0. The molecule has 2 aromatic carbocycles. The Balaban J connectivity index is 1.74. The minimum atomic E-state index is -0.519. The summed E-state index contributed by atoms with van der Waals surface area (Å²) in [6.45, 7) is 9.01. The zero-order valence-electron chi connectivity index (χ0n) is 18.4. The summed E-state index contributed by atoms with van der Waals surface area (Å²) in [5, 5.41) is 0. The summed E-state index contributed by atoms with van der Waals surface area (Å²) >= 11 is 0. The van der Waals surface area contributed by atoms with Crippen LogP contribution in [0.4, 0.5) is 0 Å². The zero-order chi connectivity index (χ0) is 24.1. The van der Waals surface area contributed by atoms with Crippen LogP contribution in [0, 0.1) is 0 Å². The number of ether oxygens (including phenoxy) is 5. The molecule has 0 aliphatic rings. The van der Waals surface area contributed by atoms with Crippen LogP contribution in [-0.2, 0) is 19.1 Å². The van der Waals surface area contributed by atoms with Crippen LogP contribution >= 0.6 is 0 Å². The molecule has 0 atom stereocenters. The van der Waals surface area contributed by atoms with Gasteiger partial charge in [-0.1, -0.05) is 13.2 Å². The SMILES string of the molecule is C=COC(=O)CCCOc1ccc(C(=O)Oc2ccc(OCCOC(=O)C(=C)C)cc2)cc1. The summed E-state index contributed by atoms with van der Waals surface area (Å²) in [7, 11) is 0. The fourth-order valence-electron chi connectivity index (χ4n) is 2.43. The third-order valence-electron chi connectivity index (χ3n) is 4.07. The monoisotopic (exact) mass is 454 g/mol. The van der Waals surface area contributed by atoms with Crippen molar-refractivity contribution in [3.63, 3.8) is 0 Å². The Morgan fingerprint density at radius 3 is 2.03 bits per heavy atom. The first kappa shape index (κ1) is 25.2. The molecule has 0 unspecified atom stereocenters. The van der Waals surface area contributed by atoms with E-state index in [0.717, 1.165) is 6.26 Å². The molecule has 0 N–H and O–H groups in total. The van der Waals surface area contributed by atoms with Crippen molar-refractivity contribution in [2.24, 2.45) is 0 Å². The molecule has 0 fully saturated rings. The molecule has 0 heterocycles. The van der Waals surface area contributed by atoms with Gasteiger partial charge < -0.3 is 23.7 Å². The molecule has 2 rings (SSSR count). The Morgan fingerprint density at radius 1 is 0.848 bits per heavy atom. The van der Waals surface area contributed by atoms with Crippen LogP contribution in [0.1, 0.15) is 30.1 Å². The largest absolute Gasteiger partial charge is 0.494 e. The van der Waals surface area contributed by atoms with Gasteiger partial charge in [0.25, 0.3) is 0 Å². The number of rotatable bonds is 13. The zero-order valence-corrected chi connectivity index (χ0v) is 18.4. The van der Waals surface area contributed by atoms with E-state index < -0.39 is 11.9 Å². The number of benzene rings is 2. The highest BCUT2D eigenvalue weighted by Crippen LogP contribution is 2.20. The van der Waals surface area contributed by atoms with Crippen molar-refractivity contribution < 1.29 is 38.1 Å². The molecular weight excluding hydrogens is 428 g/mol. The highest BCUT2D eigenvalue weighted by Gasteiger charge is 2.10. The quantitative estimate of drug-likeness (QED) is 0.146. The second kappa shape index (κ2) is 13.4. The molecule has 8 nitrogen and oxygen atoms in total. The number of carbonyl (C=O) groups excluding carboxylic acids is 3. The van der Waals surface area contributed by atoms with Crippen molar-refractivity contribution in [1.82, 2.24) is 0 Å². The van der Waals surface area contributed by atoms with E-state index in [1.165, 1.54) is 0 Å². The maximum atomic E-state index is 12.3. The van der Waals surface area contributed by atoms with Gasteiger partial charge in [0.1, 0.15) is 30.5 Å². The second-order valence-corrected chi connectivity index (χ2v) is 6.76. The smallest absolute Gasteiger partial charge is 0.343 e. The van der Waals surface area contributed by atoms with Gasteiger partial charge in [0.2, 0.25) is 0 Å². The van der Waals surface area contributed by atoms with Gasteiger partial charge >= 0.3 is 17.9 Å². The summed E-state index contributed by atoms with van der Waals surface area (Å²) in [5.74, 6) is 0.114. The molecular formula is C25H26O8. The van der Waals surface area contributed by atoms with Crippen molar-refractivity contribution >= 4 is 17.9 Å². The van der Waals surface area contributed by atoms with Crippen molar-refractivity contribution in [3.05, 3.63) is 79.1 Å². The Hall–Kier alpha value is -4.07. The minimum Gasteiger partial charge on any atom is -0.494 e. The minimum absolute atomic E-state index is 0.101. The molecule has 0 saturated carbocycles. The molecule has 2 aromatic rings. The van der Waals surface area contributed by atoms with Gasteiger partial charge in [-0.25, -0.2) is 9.59 Å². The molecule has 33 heavy (non-hydrogen) atoms. The van der Waals surface area contributed by atoms with Crippen molar-refractivity contribution in [2.75, 3.05) is 19.8 Å². The van der Waals surface area contributed by atoms with E-state index in [4.69, 9.17) is 18.9 Å². The van der Waals surface area contributed by atoms with E-state index in [2.05, 4.69) is 17.9 Å². The van der Waals surface area contributed by atoms with E-state index in [-0.39, 0.29) is 25.6 Å². The summed E-state index contributed by atoms with van der Waals surface area (Å²) in [4.78, 5) is 34.8. The summed E-state index contributed by atoms with van der Waals surface area (Å²) < 4.78 is 25.9. The molecule has 8 heteroatoms. The van der Waals surface area contributed by atoms with E-state index in [1.807, 2.05) is 0 Å². The lowest BCUT2D eigenvalue weighted by Crippen LogP contribution is -2.12. The third kappa shape index (κ3) is 9.30. The highest BCUT2D eigenvalue weighted by molar-refractivity contribution is 5.91. The lowest BCUT2D eigenvalue weighted by Gasteiger charge is -2.09. The number of esters is 3. The molecule has 0 saturated heterocycles. The van der Waals surface area contributed by atoms with Crippen molar-refractivity contribution in [2.45, 2.75) is 19.8 Å². The first-order chi connectivity index (χ1) is 15.9. The standard InChI is InChI=1S/C25H26O8/c1-4-29-23(26)6-5-15-30-20-9-7-19(8-10-20)25(28)33-22-13-11-21(12-14-22)31-16-17-32-24(27)18(2)3/h4,7-14H,1-2,5-6,15-17H2,3H3. The molecule has 0 aromatic heterocycles. The molecule has 0 bridgehead atoms. The van der Waals surface area contributed by atoms with Crippen LogP contribution < -0.4 is 14.2 Å². The predicted molar refractivity (Wildman–Crippen MR) is 120 cm³/mol. The van der Waals surface area contributed by atoms with Crippen molar-refractivity contribution in [3.8, 4) is 17.2 Å². The molecule has 0 amide bonds. The Bertz CT molecular complexity index is 961. The average molecular weight is 454 g/mol. The van der Waals surface area contributed by atoms with E-state index in [0.29, 0.717) is 41.4 Å². The van der Waals surface area contributed by atoms with Crippen molar-refractivity contribution in [1.29, 1.82) is 0 Å². The molecule has 0 spiro atoms. The van der Waals surface area contributed by atoms with Gasteiger partial charge in [0.15, 0.2) is 0 Å². The lowest BCUT2D eigenvalue weighted by atomic mass is 10.2. The van der Waals surface area contributed by atoms with Crippen LogP contribution in [0.3, 0.4) is 0 Å². The maximum Gasteiger partial charge on any atom is 0.343 e. The van der Waals surface area contributed by atoms with Gasteiger partial charge in [-0.2, -0.15) is 0 Å². The molecule has 0 aliphatic heterocycles. The fraction of sp³-hybridized carbons (Fsp3) is 0.240. The first-order valence-corrected chi connectivity index (χ1v) is 10.2. The third-order valence-corrected chi connectivity index (χ3v) is 4.07. The van der Waals surface area contributed by atoms with E-state index >= 15 is 0 Å². The number of hydrogen-bond acceptors (Lipinski definition) is 8. The molecule has 0 radical (unpaired) electrons. The van der Waals surface area contributed by atoms with Crippen LogP contribution in [0.25, 0.3) is 0 Å². The Kier molecular flexibility index (Phi) is 10.2. The normalized spacial score (nSPS) is 9.97. The summed E-state index contributed by atoms with van der Waals surface area (Å²) in [5.41, 5.74) is 0.683. The molecule has 174 valence electrons. The van der Waals surface area contributed by atoms with Gasteiger partial charge in [0.05, 0.1) is 18.4 Å². The van der Waals surface area contributed by atoms with Gasteiger partial charge in [-0.3, -0.25) is 4.79 Å². The van der Waals surface area contributed by atoms with Crippen LogP contribution in [0.5, 0.6) is 17.2 Å². The lowest BCUT2D eigenvalue weighted by molar-refractivity contribution is -0.140. The van der Waals surface area contributed by atoms with Gasteiger partial charge in [0, 0.05) is 12.0 Å². The van der Waals surface area contributed by atoms with E-state index in [9.17, 15) is 14.4 Å². The first-order valence-electron chi connectivity index (χ1n) is 10.2. The van der Waals surface area contributed by atoms with Crippen LogP contribution in [-0.4, -0.2) is 37.7 Å². The summed E-state index contributed by atoms with van der Waals surface area (Å²) in [6.07, 6.45) is 1.81. The Labute approximate surface area is 192 Å².